The molecule has 6 nitrogen and oxygen atoms in total. The van der Waals surface area contributed by atoms with Crippen LogP contribution in [-0.4, -0.2) is 45.4 Å². The number of benzene rings is 1. The van der Waals surface area contributed by atoms with Gasteiger partial charge in [0.25, 0.3) is 0 Å². The minimum Gasteiger partial charge on any atom is -0.354 e. The number of likely N-dealkylation sites (N-methyl/N-ethyl adjacent to an activating group) is 1. The predicted molar refractivity (Wildman–Crippen MR) is 114 cm³/mol. The van der Waals surface area contributed by atoms with Crippen molar-refractivity contribution < 1.29 is 13.2 Å². The summed E-state index contributed by atoms with van der Waals surface area (Å²) in [6.07, 6.45) is 0.0539. The number of hydrogen-bond acceptors (Lipinski definition) is 5. The number of amides is 1. The normalized spacial score (nSPS) is 12.9. The summed E-state index contributed by atoms with van der Waals surface area (Å²) in [5, 5.41) is 7.19. The third-order valence-corrected chi connectivity index (χ3v) is 7.11. The van der Waals surface area contributed by atoms with Crippen molar-refractivity contribution in [2.24, 2.45) is 0 Å². The second kappa shape index (κ2) is 10.9. The molecule has 28 heavy (non-hydrogen) atoms. The van der Waals surface area contributed by atoms with Crippen LogP contribution in [0.1, 0.15) is 31.9 Å². The number of nitrogens with zero attached hydrogens (tertiary/aromatic N) is 1. The topological polar surface area (TPSA) is 78.5 Å². The molecule has 2 rings (SSSR count). The summed E-state index contributed by atoms with van der Waals surface area (Å²) in [6.45, 7) is 6.43. The molecule has 1 heterocycles. The number of hydrogen-bond donors (Lipinski definition) is 2. The quantitative estimate of drug-likeness (QED) is 0.558. The van der Waals surface area contributed by atoms with Crippen LogP contribution in [-0.2, 0) is 14.8 Å². The maximum Gasteiger partial charge on any atom is 0.242 e. The summed E-state index contributed by atoms with van der Waals surface area (Å²) in [7, 11) is -3.74. The molecule has 1 aromatic carbocycles. The first-order chi connectivity index (χ1) is 13.4. The van der Waals surface area contributed by atoms with E-state index in [9.17, 15) is 13.2 Å². The first kappa shape index (κ1) is 22.8. The summed E-state index contributed by atoms with van der Waals surface area (Å²) in [5.74, 6) is -0.200. The van der Waals surface area contributed by atoms with Crippen LogP contribution in [0.4, 0.5) is 0 Å². The summed E-state index contributed by atoms with van der Waals surface area (Å²) >= 11 is 7.57. The van der Waals surface area contributed by atoms with Crippen molar-refractivity contribution in [3.63, 3.8) is 0 Å². The Morgan fingerprint density at radius 3 is 2.54 bits per heavy atom. The average Bonchev–Trinajstić information content (AvgIpc) is 3.19. The summed E-state index contributed by atoms with van der Waals surface area (Å²) in [4.78, 5) is 14.5. The van der Waals surface area contributed by atoms with Gasteiger partial charge in [-0.25, -0.2) is 13.1 Å². The average molecular weight is 444 g/mol. The van der Waals surface area contributed by atoms with Crippen LogP contribution >= 0.6 is 22.9 Å². The van der Waals surface area contributed by atoms with Crippen molar-refractivity contribution in [1.29, 1.82) is 0 Å². The molecule has 0 aliphatic carbocycles. The fourth-order valence-electron chi connectivity index (χ4n) is 2.92. The molecule has 0 spiro atoms. The Bertz CT molecular complexity index is 853. The number of halogens is 1. The molecule has 1 aromatic heterocycles. The second-order valence-electron chi connectivity index (χ2n) is 6.18. The van der Waals surface area contributed by atoms with Crippen LogP contribution in [0.2, 0.25) is 5.02 Å². The van der Waals surface area contributed by atoms with Gasteiger partial charge in [-0.05, 0) is 47.6 Å². The van der Waals surface area contributed by atoms with Gasteiger partial charge in [-0.3, -0.25) is 9.69 Å². The van der Waals surface area contributed by atoms with Gasteiger partial charge in [0.1, 0.15) is 4.90 Å². The van der Waals surface area contributed by atoms with Crippen LogP contribution < -0.4 is 10.0 Å². The van der Waals surface area contributed by atoms with E-state index in [-0.39, 0.29) is 34.8 Å². The van der Waals surface area contributed by atoms with Gasteiger partial charge in [0.05, 0.1) is 11.1 Å². The minimum absolute atomic E-state index is 0.00772. The van der Waals surface area contributed by atoms with Crippen LogP contribution in [0.15, 0.2) is 46.0 Å². The maximum absolute atomic E-state index is 12.3. The summed E-state index contributed by atoms with van der Waals surface area (Å²) < 4.78 is 27.0. The molecule has 1 unspecified atom stereocenters. The first-order valence-corrected chi connectivity index (χ1v) is 12.0. The van der Waals surface area contributed by atoms with Crippen molar-refractivity contribution in [2.75, 3.05) is 26.2 Å². The second-order valence-corrected chi connectivity index (χ2v) is 9.10. The Hall–Kier alpha value is -1.45. The molecule has 0 aliphatic rings. The highest BCUT2D eigenvalue weighted by molar-refractivity contribution is 7.89. The van der Waals surface area contributed by atoms with E-state index in [1.807, 2.05) is 5.38 Å². The van der Waals surface area contributed by atoms with E-state index in [1.54, 1.807) is 23.5 Å². The molecule has 9 heteroatoms. The predicted octanol–water partition coefficient (Wildman–Crippen LogP) is 3.27. The third kappa shape index (κ3) is 6.28. The van der Waals surface area contributed by atoms with Gasteiger partial charge in [0, 0.05) is 19.5 Å². The van der Waals surface area contributed by atoms with E-state index in [1.165, 1.54) is 17.7 Å². The Kier molecular flexibility index (Phi) is 8.91. The van der Waals surface area contributed by atoms with Crippen molar-refractivity contribution in [2.45, 2.75) is 31.2 Å². The Morgan fingerprint density at radius 1 is 1.21 bits per heavy atom. The first-order valence-electron chi connectivity index (χ1n) is 9.16. The van der Waals surface area contributed by atoms with Gasteiger partial charge in [0.15, 0.2) is 0 Å². The number of sulfonamides is 1. The largest absolute Gasteiger partial charge is 0.354 e. The lowest BCUT2D eigenvalue weighted by Gasteiger charge is -2.29. The highest BCUT2D eigenvalue weighted by atomic mass is 35.5. The lowest BCUT2D eigenvalue weighted by molar-refractivity contribution is -0.121. The zero-order chi connectivity index (χ0) is 20.6. The Morgan fingerprint density at radius 2 is 1.93 bits per heavy atom. The molecule has 0 fully saturated rings. The smallest absolute Gasteiger partial charge is 0.242 e. The van der Waals surface area contributed by atoms with Crippen LogP contribution in [0.25, 0.3) is 0 Å². The molecule has 0 radical (unpaired) electrons. The molecule has 0 bridgehead atoms. The third-order valence-electron chi connectivity index (χ3n) is 4.44. The molecular weight excluding hydrogens is 418 g/mol. The van der Waals surface area contributed by atoms with Crippen LogP contribution in [0.5, 0.6) is 0 Å². The highest BCUT2D eigenvalue weighted by Crippen LogP contribution is 2.22. The zero-order valence-electron chi connectivity index (χ0n) is 16.0. The fraction of sp³-hybridized carbons (Fsp3) is 0.421. The van der Waals surface area contributed by atoms with E-state index in [4.69, 9.17) is 11.6 Å². The van der Waals surface area contributed by atoms with Crippen molar-refractivity contribution in [1.82, 2.24) is 14.9 Å². The molecule has 2 aromatic rings. The SMILES string of the molecule is CCN(CC)C(CNC(=O)CCNS(=O)(=O)c1ccccc1Cl)c1ccsc1. The molecule has 0 saturated carbocycles. The molecular formula is C19H26ClN3O3S2. The van der Waals surface area contributed by atoms with Crippen molar-refractivity contribution >= 4 is 38.9 Å². The monoisotopic (exact) mass is 443 g/mol. The van der Waals surface area contributed by atoms with E-state index >= 15 is 0 Å². The lowest BCUT2D eigenvalue weighted by atomic mass is 10.1. The molecule has 0 aliphatic heterocycles. The number of carbonyl (C=O) groups is 1. The molecule has 0 saturated heterocycles. The van der Waals surface area contributed by atoms with Gasteiger partial charge in [-0.2, -0.15) is 11.3 Å². The lowest BCUT2D eigenvalue weighted by Crippen LogP contribution is -2.38. The van der Waals surface area contributed by atoms with Gasteiger partial charge in [0.2, 0.25) is 15.9 Å². The zero-order valence-corrected chi connectivity index (χ0v) is 18.4. The van der Waals surface area contributed by atoms with Gasteiger partial charge in [-0.1, -0.05) is 37.6 Å². The molecule has 1 atom stereocenters. The van der Waals surface area contributed by atoms with E-state index in [0.29, 0.717) is 6.54 Å². The van der Waals surface area contributed by atoms with Gasteiger partial charge < -0.3 is 5.32 Å². The van der Waals surface area contributed by atoms with Crippen LogP contribution in [0.3, 0.4) is 0 Å². The fourth-order valence-corrected chi connectivity index (χ4v) is 5.18. The highest BCUT2D eigenvalue weighted by Gasteiger charge is 2.20. The van der Waals surface area contributed by atoms with E-state index < -0.39 is 10.0 Å². The Labute approximate surface area is 175 Å². The molecule has 154 valence electrons. The van der Waals surface area contributed by atoms with Gasteiger partial charge >= 0.3 is 0 Å². The summed E-state index contributed by atoms with van der Waals surface area (Å²) in [6, 6.07) is 8.38. The number of carbonyl (C=O) groups excluding carboxylic acids is 1. The van der Waals surface area contributed by atoms with Crippen molar-refractivity contribution in [3.8, 4) is 0 Å². The standard InChI is InChI=1S/C19H26ClN3O3S2/c1-3-23(4-2)17(15-10-12-27-14-15)13-21-19(24)9-11-22-28(25,26)18-8-6-5-7-16(18)20/h5-8,10,12,14,17,22H,3-4,9,11,13H2,1-2H3,(H,21,24). The van der Waals surface area contributed by atoms with E-state index in [0.717, 1.165) is 13.1 Å². The minimum atomic E-state index is -3.74. The molecule has 1 amide bonds. The van der Waals surface area contributed by atoms with Crippen molar-refractivity contribution in [3.05, 3.63) is 51.7 Å². The molecule has 2 N–H and O–H groups in total. The van der Waals surface area contributed by atoms with E-state index in [2.05, 4.69) is 40.2 Å². The number of nitrogens with one attached hydrogen (secondary N) is 2. The van der Waals surface area contributed by atoms with Gasteiger partial charge in [-0.15, -0.1) is 0 Å². The summed E-state index contributed by atoms with van der Waals surface area (Å²) in [5.41, 5.74) is 1.17. The number of rotatable bonds is 11. The number of thiophene rings is 1. The van der Waals surface area contributed by atoms with Crippen LogP contribution in [0, 0.1) is 0 Å². The Balaban J connectivity index is 1.87. The maximum atomic E-state index is 12.3.